The van der Waals surface area contributed by atoms with Gasteiger partial charge < -0.3 is 15.2 Å². The molecule has 0 saturated carbocycles. The van der Waals surface area contributed by atoms with Crippen molar-refractivity contribution in [2.24, 2.45) is 5.92 Å². The highest BCUT2D eigenvalue weighted by Crippen LogP contribution is 2.13. The smallest absolute Gasteiger partial charge is 0.412 e. The van der Waals surface area contributed by atoms with Crippen molar-refractivity contribution in [2.45, 2.75) is 52.7 Å². The van der Waals surface area contributed by atoms with E-state index >= 15 is 0 Å². The summed E-state index contributed by atoms with van der Waals surface area (Å²) in [5, 5.41) is 14.2. The molecule has 1 atom stereocenters. The van der Waals surface area contributed by atoms with Gasteiger partial charge in [0.05, 0.1) is 0 Å². The Morgan fingerprint density at radius 3 is 2.12 bits per heavy atom. The Morgan fingerprint density at radius 2 is 1.68 bits per heavy atom. The van der Waals surface area contributed by atoms with E-state index in [2.05, 4.69) is 10.6 Å². The highest BCUT2D eigenvalue weighted by atomic mass is 16.6. The molecule has 1 rings (SSSR count). The van der Waals surface area contributed by atoms with Gasteiger partial charge in [0.15, 0.2) is 0 Å². The van der Waals surface area contributed by atoms with Gasteiger partial charge in [0.1, 0.15) is 11.6 Å². The fourth-order valence-corrected chi connectivity index (χ4v) is 2.06. The average molecular weight is 350 g/mol. The Labute approximate surface area is 147 Å². The summed E-state index contributed by atoms with van der Waals surface area (Å²) >= 11 is 0. The largest absolute Gasteiger partial charge is 0.480 e. The Balaban J connectivity index is 2.70. The third kappa shape index (κ3) is 7.69. The summed E-state index contributed by atoms with van der Waals surface area (Å²) in [4.78, 5) is 35.1. The maximum atomic E-state index is 12.2. The minimum Gasteiger partial charge on any atom is -0.480 e. The number of carboxylic acid groups (broad SMARTS) is 1. The number of ether oxygens (including phenoxy) is 1. The molecule has 2 amide bonds. The average Bonchev–Trinajstić information content (AvgIpc) is 2.44. The molecule has 0 aromatic heterocycles. The van der Waals surface area contributed by atoms with E-state index in [9.17, 15) is 19.5 Å². The van der Waals surface area contributed by atoms with Crippen molar-refractivity contribution in [1.29, 1.82) is 0 Å². The normalized spacial score (nSPS) is 12.4. The monoisotopic (exact) mass is 350 g/mol. The predicted octanol–water partition coefficient (Wildman–Crippen LogP) is 3.26. The number of carbonyl (C=O) groups excluding carboxylic acids is 2. The number of amides is 2. The van der Waals surface area contributed by atoms with Crippen LogP contribution in [0.2, 0.25) is 0 Å². The minimum atomic E-state index is -1.06. The van der Waals surface area contributed by atoms with Crippen LogP contribution >= 0.6 is 0 Å². The van der Waals surface area contributed by atoms with E-state index in [4.69, 9.17) is 4.74 Å². The van der Waals surface area contributed by atoms with Gasteiger partial charge in [-0.25, -0.2) is 9.59 Å². The first-order valence-corrected chi connectivity index (χ1v) is 8.11. The SMILES string of the molecule is CC(C)CC(NC(=O)c1ccc(NC(=O)OC(C)(C)C)cc1)C(=O)O. The fourth-order valence-electron chi connectivity index (χ4n) is 2.06. The van der Waals surface area contributed by atoms with Crippen LogP contribution in [0.4, 0.5) is 10.5 Å². The zero-order valence-corrected chi connectivity index (χ0v) is 15.3. The zero-order chi connectivity index (χ0) is 19.2. The van der Waals surface area contributed by atoms with Crippen LogP contribution in [0, 0.1) is 5.92 Å². The lowest BCUT2D eigenvalue weighted by Crippen LogP contribution is -2.41. The van der Waals surface area contributed by atoms with Crippen molar-refractivity contribution in [3.63, 3.8) is 0 Å². The molecule has 1 unspecified atom stereocenters. The summed E-state index contributed by atoms with van der Waals surface area (Å²) in [7, 11) is 0. The van der Waals surface area contributed by atoms with Crippen molar-refractivity contribution in [3.8, 4) is 0 Å². The highest BCUT2D eigenvalue weighted by Gasteiger charge is 2.22. The molecule has 1 aromatic carbocycles. The van der Waals surface area contributed by atoms with Crippen LogP contribution in [0.3, 0.4) is 0 Å². The molecule has 0 fully saturated rings. The second-order valence-electron chi connectivity index (χ2n) is 7.20. The first-order chi connectivity index (χ1) is 11.5. The van der Waals surface area contributed by atoms with Gasteiger partial charge in [0, 0.05) is 11.3 Å². The van der Waals surface area contributed by atoms with Crippen molar-refractivity contribution >= 4 is 23.7 Å². The lowest BCUT2D eigenvalue weighted by molar-refractivity contribution is -0.139. The van der Waals surface area contributed by atoms with E-state index in [0.29, 0.717) is 17.7 Å². The molecule has 7 heteroatoms. The van der Waals surface area contributed by atoms with Crippen LogP contribution in [0.1, 0.15) is 51.4 Å². The molecule has 0 aliphatic heterocycles. The molecule has 0 spiro atoms. The lowest BCUT2D eigenvalue weighted by atomic mass is 10.0. The maximum Gasteiger partial charge on any atom is 0.412 e. The summed E-state index contributed by atoms with van der Waals surface area (Å²) in [6.07, 6.45) is -0.244. The fraction of sp³-hybridized carbons (Fsp3) is 0.500. The van der Waals surface area contributed by atoms with Gasteiger partial charge >= 0.3 is 12.1 Å². The number of benzene rings is 1. The third-order valence-electron chi connectivity index (χ3n) is 3.10. The quantitative estimate of drug-likeness (QED) is 0.730. The molecule has 1 aromatic rings. The maximum absolute atomic E-state index is 12.2. The molecular formula is C18H26N2O5. The lowest BCUT2D eigenvalue weighted by Gasteiger charge is -2.19. The molecule has 25 heavy (non-hydrogen) atoms. The Kier molecular flexibility index (Phi) is 6.97. The summed E-state index contributed by atoms with van der Waals surface area (Å²) in [6.45, 7) is 9.06. The van der Waals surface area contributed by atoms with Crippen molar-refractivity contribution in [1.82, 2.24) is 5.32 Å². The van der Waals surface area contributed by atoms with Crippen LogP contribution < -0.4 is 10.6 Å². The molecule has 0 saturated heterocycles. The predicted molar refractivity (Wildman–Crippen MR) is 94.6 cm³/mol. The van der Waals surface area contributed by atoms with E-state index in [-0.39, 0.29) is 5.92 Å². The van der Waals surface area contributed by atoms with Crippen molar-refractivity contribution in [2.75, 3.05) is 5.32 Å². The standard InChI is InChI=1S/C18H26N2O5/c1-11(2)10-14(16(22)23)20-15(21)12-6-8-13(9-7-12)19-17(24)25-18(3,4)5/h6-9,11,14H,10H2,1-5H3,(H,19,24)(H,20,21)(H,22,23). The van der Waals surface area contributed by atoms with Crippen LogP contribution in [-0.4, -0.2) is 34.7 Å². The van der Waals surface area contributed by atoms with Gasteiger partial charge in [0.2, 0.25) is 0 Å². The topological polar surface area (TPSA) is 105 Å². The minimum absolute atomic E-state index is 0.141. The van der Waals surface area contributed by atoms with E-state index < -0.39 is 29.6 Å². The Hall–Kier alpha value is -2.57. The van der Waals surface area contributed by atoms with Gasteiger partial charge in [-0.05, 0) is 57.4 Å². The highest BCUT2D eigenvalue weighted by molar-refractivity contribution is 5.97. The number of hydrogen-bond acceptors (Lipinski definition) is 4. The molecule has 0 radical (unpaired) electrons. The van der Waals surface area contributed by atoms with Crippen molar-refractivity contribution < 1.29 is 24.2 Å². The molecule has 7 nitrogen and oxygen atoms in total. The molecule has 3 N–H and O–H groups in total. The number of anilines is 1. The van der Waals surface area contributed by atoms with Gasteiger partial charge in [-0.3, -0.25) is 10.1 Å². The molecule has 138 valence electrons. The van der Waals surface area contributed by atoms with Crippen LogP contribution in [-0.2, 0) is 9.53 Å². The first kappa shape index (κ1) is 20.5. The van der Waals surface area contributed by atoms with Gasteiger partial charge in [-0.15, -0.1) is 0 Å². The number of hydrogen-bond donors (Lipinski definition) is 3. The molecule has 0 bridgehead atoms. The van der Waals surface area contributed by atoms with E-state index in [0.717, 1.165) is 0 Å². The van der Waals surface area contributed by atoms with E-state index in [1.165, 1.54) is 12.1 Å². The van der Waals surface area contributed by atoms with Crippen molar-refractivity contribution in [3.05, 3.63) is 29.8 Å². The van der Waals surface area contributed by atoms with E-state index in [1.807, 2.05) is 13.8 Å². The third-order valence-corrected chi connectivity index (χ3v) is 3.10. The second kappa shape index (κ2) is 8.50. The molecule has 0 heterocycles. The molecular weight excluding hydrogens is 324 g/mol. The number of nitrogens with one attached hydrogen (secondary N) is 2. The summed E-state index contributed by atoms with van der Waals surface area (Å²) in [5.74, 6) is -1.40. The summed E-state index contributed by atoms with van der Waals surface area (Å²) in [5.41, 5.74) is 0.180. The van der Waals surface area contributed by atoms with Crippen LogP contribution in [0.5, 0.6) is 0 Å². The van der Waals surface area contributed by atoms with Crippen LogP contribution in [0.15, 0.2) is 24.3 Å². The molecule has 0 aliphatic rings. The van der Waals surface area contributed by atoms with E-state index in [1.54, 1.807) is 32.9 Å². The number of carbonyl (C=O) groups is 3. The number of carboxylic acids is 1. The second-order valence-corrected chi connectivity index (χ2v) is 7.20. The van der Waals surface area contributed by atoms with Gasteiger partial charge in [0.25, 0.3) is 5.91 Å². The Morgan fingerprint density at radius 1 is 1.12 bits per heavy atom. The van der Waals surface area contributed by atoms with Gasteiger partial charge in [-0.1, -0.05) is 13.8 Å². The van der Waals surface area contributed by atoms with Gasteiger partial charge in [-0.2, -0.15) is 0 Å². The van der Waals surface area contributed by atoms with Crippen LogP contribution in [0.25, 0.3) is 0 Å². The number of rotatable bonds is 6. The first-order valence-electron chi connectivity index (χ1n) is 8.11. The molecule has 0 aliphatic carbocycles. The summed E-state index contributed by atoms with van der Waals surface area (Å²) in [6, 6.07) is 5.19. The summed E-state index contributed by atoms with van der Waals surface area (Å²) < 4.78 is 5.14. The Bertz CT molecular complexity index is 617. The zero-order valence-electron chi connectivity index (χ0n) is 15.3. The number of aliphatic carboxylic acids is 1.